The average molecular weight is 350 g/mol. The molecule has 6 heteroatoms. The molecule has 3 rings (SSSR count). The Morgan fingerprint density at radius 2 is 1.76 bits per heavy atom. The van der Waals surface area contributed by atoms with Crippen LogP contribution < -0.4 is 5.32 Å². The quantitative estimate of drug-likeness (QED) is 0.745. The second-order valence-electron chi connectivity index (χ2n) is 4.40. The molecular formula is C15H10BrF2N3. The Morgan fingerprint density at radius 3 is 2.43 bits per heavy atom. The van der Waals surface area contributed by atoms with Gasteiger partial charge in [-0.2, -0.15) is 0 Å². The van der Waals surface area contributed by atoms with E-state index in [0.29, 0.717) is 11.3 Å². The number of hydrogen-bond acceptors (Lipinski definition) is 3. The molecule has 0 saturated heterocycles. The lowest BCUT2D eigenvalue weighted by Gasteiger charge is -2.09. The maximum absolute atomic E-state index is 13.9. The van der Waals surface area contributed by atoms with Crippen LogP contribution >= 0.6 is 15.9 Å². The molecule has 1 aromatic heterocycles. The van der Waals surface area contributed by atoms with Gasteiger partial charge in [-0.15, -0.1) is 0 Å². The second-order valence-corrected chi connectivity index (χ2v) is 5.32. The molecule has 0 aliphatic heterocycles. The minimum atomic E-state index is -0.687. The fourth-order valence-electron chi connectivity index (χ4n) is 2.11. The largest absolute Gasteiger partial charge is 0.373 e. The first-order valence-corrected chi connectivity index (χ1v) is 6.99. The van der Waals surface area contributed by atoms with Crippen LogP contribution in [0.15, 0.2) is 40.9 Å². The summed E-state index contributed by atoms with van der Waals surface area (Å²) in [5.74, 6) is -0.842. The third-order valence-corrected chi connectivity index (χ3v) is 3.57. The molecule has 106 valence electrons. The van der Waals surface area contributed by atoms with Crippen molar-refractivity contribution >= 4 is 32.7 Å². The van der Waals surface area contributed by atoms with E-state index in [1.165, 1.54) is 18.2 Å². The zero-order valence-corrected chi connectivity index (χ0v) is 12.6. The normalized spacial score (nSPS) is 10.9. The van der Waals surface area contributed by atoms with Gasteiger partial charge in [0.25, 0.3) is 0 Å². The summed E-state index contributed by atoms with van der Waals surface area (Å²) in [6, 6.07) is 9.12. The van der Waals surface area contributed by atoms with Crippen LogP contribution in [0, 0.1) is 11.6 Å². The maximum atomic E-state index is 13.9. The van der Waals surface area contributed by atoms with E-state index in [0.717, 1.165) is 9.86 Å². The topological polar surface area (TPSA) is 37.8 Å². The molecule has 2 aromatic carbocycles. The van der Waals surface area contributed by atoms with Crippen molar-refractivity contribution in [1.82, 2.24) is 9.97 Å². The lowest BCUT2D eigenvalue weighted by Crippen LogP contribution is -2.01. The van der Waals surface area contributed by atoms with Gasteiger partial charge >= 0.3 is 0 Å². The minimum absolute atomic E-state index is 0.0183. The number of fused-ring (bicyclic) bond motifs is 1. The van der Waals surface area contributed by atoms with E-state index in [4.69, 9.17) is 0 Å². The van der Waals surface area contributed by atoms with Crippen molar-refractivity contribution in [2.45, 2.75) is 0 Å². The van der Waals surface area contributed by atoms with Crippen molar-refractivity contribution in [2.24, 2.45) is 0 Å². The zero-order valence-electron chi connectivity index (χ0n) is 11.0. The summed E-state index contributed by atoms with van der Waals surface area (Å²) < 4.78 is 28.7. The van der Waals surface area contributed by atoms with E-state index in [1.54, 1.807) is 13.1 Å². The fraction of sp³-hybridized carbons (Fsp3) is 0.0667. The first-order chi connectivity index (χ1) is 10.1. The van der Waals surface area contributed by atoms with Crippen LogP contribution in [0.25, 0.3) is 22.3 Å². The Hall–Kier alpha value is -2.08. The number of halogens is 3. The van der Waals surface area contributed by atoms with Gasteiger partial charge in [-0.25, -0.2) is 18.7 Å². The molecule has 0 atom stereocenters. The minimum Gasteiger partial charge on any atom is -0.373 e. The van der Waals surface area contributed by atoms with Crippen LogP contribution in [0.2, 0.25) is 0 Å². The summed E-state index contributed by atoms with van der Waals surface area (Å²) in [4.78, 5) is 8.49. The molecular weight excluding hydrogens is 340 g/mol. The Kier molecular flexibility index (Phi) is 3.55. The van der Waals surface area contributed by atoms with Crippen LogP contribution in [0.3, 0.4) is 0 Å². The summed E-state index contributed by atoms with van der Waals surface area (Å²) in [6.07, 6.45) is 0. The molecule has 0 bridgehead atoms. The summed E-state index contributed by atoms with van der Waals surface area (Å²) >= 11 is 3.38. The summed E-state index contributed by atoms with van der Waals surface area (Å²) in [5, 5.41) is 3.70. The number of nitrogens with one attached hydrogen (secondary N) is 1. The molecule has 3 nitrogen and oxygen atoms in total. The molecule has 0 radical (unpaired) electrons. The predicted octanol–water partition coefficient (Wildman–Crippen LogP) is 4.38. The van der Waals surface area contributed by atoms with Gasteiger partial charge in [-0.05, 0) is 30.3 Å². The molecule has 3 aromatic rings. The second kappa shape index (κ2) is 5.37. The van der Waals surface area contributed by atoms with Crippen molar-refractivity contribution < 1.29 is 8.78 Å². The molecule has 0 unspecified atom stereocenters. The lowest BCUT2D eigenvalue weighted by atomic mass is 10.1. The van der Waals surface area contributed by atoms with Crippen LogP contribution in [-0.4, -0.2) is 17.0 Å². The molecule has 0 spiro atoms. The van der Waals surface area contributed by atoms with Crippen LogP contribution in [-0.2, 0) is 0 Å². The third-order valence-electron chi connectivity index (χ3n) is 3.08. The van der Waals surface area contributed by atoms with Crippen molar-refractivity contribution in [3.05, 3.63) is 52.5 Å². The van der Waals surface area contributed by atoms with Crippen LogP contribution in [0.1, 0.15) is 0 Å². The third kappa shape index (κ3) is 2.47. The standard InChI is InChI=1S/C15H10BrF2N3/c1-19-14-9-7-8(16)5-6-12(9)20-15(21-14)13-10(17)3-2-4-11(13)18/h2-7H,1H3,(H,19,20,21). The van der Waals surface area contributed by atoms with Crippen LogP contribution in [0.4, 0.5) is 14.6 Å². The zero-order chi connectivity index (χ0) is 15.0. The van der Waals surface area contributed by atoms with E-state index in [-0.39, 0.29) is 11.4 Å². The van der Waals surface area contributed by atoms with Gasteiger partial charge < -0.3 is 5.32 Å². The Bertz CT molecular complexity index is 816. The van der Waals surface area contributed by atoms with E-state index in [9.17, 15) is 8.78 Å². The Balaban J connectivity index is 2.32. The van der Waals surface area contributed by atoms with Crippen molar-refractivity contribution in [3.8, 4) is 11.4 Å². The molecule has 1 heterocycles. The number of hydrogen-bond donors (Lipinski definition) is 1. The maximum Gasteiger partial charge on any atom is 0.168 e. The highest BCUT2D eigenvalue weighted by molar-refractivity contribution is 9.10. The van der Waals surface area contributed by atoms with E-state index < -0.39 is 11.6 Å². The molecule has 0 saturated carbocycles. The molecule has 0 amide bonds. The number of nitrogens with zero attached hydrogens (tertiary/aromatic N) is 2. The molecule has 0 aliphatic rings. The highest BCUT2D eigenvalue weighted by atomic mass is 79.9. The lowest BCUT2D eigenvalue weighted by molar-refractivity contribution is 0.587. The van der Waals surface area contributed by atoms with Gasteiger partial charge in [-0.3, -0.25) is 0 Å². The predicted molar refractivity (Wildman–Crippen MR) is 82.1 cm³/mol. The summed E-state index contributed by atoms with van der Waals surface area (Å²) in [6.45, 7) is 0. The van der Waals surface area contributed by atoms with E-state index in [2.05, 4.69) is 31.2 Å². The Labute approximate surface area is 128 Å². The average Bonchev–Trinajstić information content (AvgIpc) is 2.46. The fourth-order valence-corrected chi connectivity index (χ4v) is 2.48. The smallest absolute Gasteiger partial charge is 0.168 e. The van der Waals surface area contributed by atoms with Gasteiger partial charge in [0.05, 0.1) is 11.1 Å². The molecule has 0 aliphatic carbocycles. The van der Waals surface area contributed by atoms with Crippen LogP contribution in [0.5, 0.6) is 0 Å². The SMILES string of the molecule is CNc1nc(-c2c(F)cccc2F)nc2ccc(Br)cc12. The molecule has 21 heavy (non-hydrogen) atoms. The monoisotopic (exact) mass is 349 g/mol. The number of benzene rings is 2. The molecule has 0 fully saturated rings. The van der Waals surface area contributed by atoms with Gasteiger partial charge in [0.1, 0.15) is 17.5 Å². The van der Waals surface area contributed by atoms with Gasteiger partial charge in [0.2, 0.25) is 0 Å². The van der Waals surface area contributed by atoms with Gasteiger partial charge in [-0.1, -0.05) is 22.0 Å². The van der Waals surface area contributed by atoms with Gasteiger partial charge in [0.15, 0.2) is 5.82 Å². The number of anilines is 1. The number of rotatable bonds is 2. The molecule has 1 N–H and O–H groups in total. The van der Waals surface area contributed by atoms with Crippen molar-refractivity contribution in [3.63, 3.8) is 0 Å². The highest BCUT2D eigenvalue weighted by Crippen LogP contribution is 2.29. The van der Waals surface area contributed by atoms with Gasteiger partial charge in [0, 0.05) is 16.9 Å². The number of aromatic nitrogens is 2. The van der Waals surface area contributed by atoms with E-state index >= 15 is 0 Å². The van der Waals surface area contributed by atoms with Crippen molar-refractivity contribution in [2.75, 3.05) is 12.4 Å². The first kappa shape index (κ1) is 13.9. The summed E-state index contributed by atoms with van der Waals surface area (Å²) in [7, 11) is 1.70. The Morgan fingerprint density at radius 1 is 1.05 bits per heavy atom. The summed E-state index contributed by atoms with van der Waals surface area (Å²) in [5.41, 5.74) is 0.383. The highest BCUT2D eigenvalue weighted by Gasteiger charge is 2.16. The first-order valence-electron chi connectivity index (χ1n) is 6.19. The van der Waals surface area contributed by atoms with E-state index in [1.807, 2.05) is 12.1 Å². The van der Waals surface area contributed by atoms with Crippen molar-refractivity contribution in [1.29, 1.82) is 0 Å².